The molecule has 0 fully saturated rings. The van der Waals surface area contributed by atoms with Crippen LogP contribution in [0.3, 0.4) is 0 Å². The van der Waals surface area contributed by atoms with Crippen molar-refractivity contribution in [2.75, 3.05) is 14.2 Å². The summed E-state index contributed by atoms with van der Waals surface area (Å²) in [4.78, 5) is 11.3. The summed E-state index contributed by atoms with van der Waals surface area (Å²) in [5, 5.41) is 2.38. The molecule has 0 aromatic heterocycles. The Morgan fingerprint density at radius 3 is 2.64 bits per heavy atom. The average molecular weight is 197 g/mol. The summed E-state index contributed by atoms with van der Waals surface area (Å²) in [6, 6.07) is 3.14. The second kappa shape index (κ2) is 4.09. The fraction of sp³-hybridized carbons (Fsp3) is 0.300. The summed E-state index contributed by atoms with van der Waals surface area (Å²) in [7, 11) is 2.82. The van der Waals surface area contributed by atoms with Crippen LogP contribution in [-0.2, 0) is 0 Å². The van der Waals surface area contributed by atoms with Gasteiger partial charge in [-0.1, -0.05) is 6.07 Å². The molecule has 0 aliphatic carbocycles. The molecule has 14 heavy (non-hydrogen) atoms. The molecule has 0 unspecified atom stereocenters. The van der Waals surface area contributed by atoms with Crippen LogP contribution in [0.25, 0.3) is 0 Å². The number of ether oxygens (including phenoxy) is 1. The van der Waals surface area contributed by atoms with Crippen LogP contribution in [0.5, 0.6) is 5.75 Å². The molecule has 1 aromatic carbocycles. The van der Waals surface area contributed by atoms with Crippen molar-refractivity contribution in [2.24, 2.45) is 0 Å². The molecule has 3 nitrogen and oxygen atoms in total. The SMILES string of the molecule is CNC(=O)c1c(C)ccc(OC)c1F. The van der Waals surface area contributed by atoms with E-state index >= 15 is 0 Å². The largest absolute Gasteiger partial charge is 0.494 e. The van der Waals surface area contributed by atoms with Gasteiger partial charge in [0.2, 0.25) is 0 Å². The second-order valence-corrected chi connectivity index (χ2v) is 2.85. The molecule has 0 aliphatic rings. The number of rotatable bonds is 2. The van der Waals surface area contributed by atoms with Crippen LogP contribution >= 0.6 is 0 Å². The maximum Gasteiger partial charge on any atom is 0.254 e. The smallest absolute Gasteiger partial charge is 0.254 e. The van der Waals surface area contributed by atoms with E-state index in [1.54, 1.807) is 13.0 Å². The molecule has 0 spiro atoms. The molecule has 0 bridgehead atoms. The Kier molecular flexibility index (Phi) is 3.06. The number of amides is 1. The topological polar surface area (TPSA) is 38.3 Å². The van der Waals surface area contributed by atoms with Crippen molar-refractivity contribution in [3.8, 4) is 5.75 Å². The average Bonchev–Trinajstić information content (AvgIpc) is 2.18. The van der Waals surface area contributed by atoms with E-state index in [0.29, 0.717) is 5.56 Å². The van der Waals surface area contributed by atoms with Gasteiger partial charge in [-0.3, -0.25) is 4.79 Å². The van der Waals surface area contributed by atoms with Gasteiger partial charge in [-0.15, -0.1) is 0 Å². The number of carbonyl (C=O) groups is 1. The molecule has 1 rings (SSSR count). The molecule has 0 radical (unpaired) electrons. The zero-order chi connectivity index (χ0) is 10.7. The number of hydrogen-bond acceptors (Lipinski definition) is 2. The fourth-order valence-electron chi connectivity index (χ4n) is 1.21. The van der Waals surface area contributed by atoms with Crippen molar-refractivity contribution >= 4 is 5.91 Å². The molecule has 1 N–H and O–H groups in total. The summed E-state index contributed by atoms with van der Waals surface area (Å²) in [5.74, 6) is -0.986. The van der Waals surface area contributed by atoms with Crippen LogP contribution in [0.2, 0.25) is 0 Å². The predicted octanol–water partition coefficient (Wildman–Crippen LogP) is 1.50. The van der Waals surface area contributed by atoms with Crippen molar-refractivity contribution in [3.63, 3.8) is 0 Å². The summed E-state index contributed by atoms with van der Waals surface area (Å²) < 4.78 is 18.4. The highest BCUT2D eigenvalue weighted by atomic mass is 19.1. The van der Waals surface area contributed by atoms with Gasteiger partial charge in [-0.25, -0.2) is 4.39 Å². The van der Waals surface area contributed by atoms with Gasteiger partial charge >= 0.3 is 0 Å². The van der Waals surface area contributed by atoms with E-state index in [4.69, 9.17) is 4.74 Å². The van der Waals surface area contributed by atoms with Crippen LogP contribution in [0, 0.1) is 12.7 Å². The third kappa shape index (κ3) is 1.69. The first kappa shape index (κ1) is 10.5. The summed E-state index contributed by atoms with van der Waals surface area (Å²) in [6.07, 6.45) is 0. The lowest BCUT2D eigenvalue weighted by molar-refractivity contribution is 0.0957. The van der Waals surface area contributed by atoms with Crippen LogP contribution < -0.4 is 10.1 Å². The Morgan fingerprint density at radius 2 is 2.14 bits per heavy atom. The van der Waals surface area contributed by atoms with Gasteiger partial charge in [-0.05, 0) is 18.6 Å². The van der Waals surface area contributed by atoms with Crippen LogP contribution in [-0.4, -0.2) is 20.1 Å². The Hall–Kier alpha value is -1.58. The molecule has 1 aromatic rings. The van der Waals surface area contributed by atoms with Gasteiger partial charge in [0, 0.05) is 7.05 Å². The molecule has 0 saturated heterocycles. The van der Waals surface area contributed by atoms with Crippen LogP contribution in [0.1, 0.15) is 15.9 Å². The van der Waals surface area contributed by atoms with Crippen molar-refractivity contribution in [2.45, 2.75) is 6.92 Å². The minimum atomic E-state index is -0.619. The van der Waals surface area contributed by atoms with E-state index in [0.717, 1.165) is 0 Å². The second-order valence-electron chi connectivity index (χ2n) is 2.85. The predicted molar refractivity (Wildman–Crippen MR) is 51.1 cm³/mol. The van der Waals surface area contributed by atoms with E-state index in [2.05, 4.69) is 5.32 Å². The number of halogens is 1. The van der Waals surface area contributed by atoms with Crippen molar-refractivity contribution in [1.82, 2.24) is 5.32 Å². The molecule has 4 heteroatoms. The molecule has 0 aliphatic heterocycles. The molecular formula is C10H12FNO2. The molecular weight excluding hydrogens is 185 g/mol. The highest BCUT2D eigenvalue weighted by Gasteiger charge is 2.17. The number of hydrogen-bond donors (Lipinski definition) is 1. The van der Waals surface area contributed by atoms with E-state index in [1.807, 2.05) is 0 Å². The monoisotopic (exact) mass is 197 g/mol. The molecule has 76 valence electrons. The Bertz CT molecular complexity index is 363. The highest BCUT2D eigenvalue weighted by Crippen LogP contribution is 2.22. The van der Waals surface area contributed by atoms with E-state index in [9.17, 15) is 9.18 Å². The lowest BCUT2D eigenvalue weighted by atomic mass is 10.1. The zero-order valence-electron chi connectivity index (χ0n) is 8.35. The quantitative estimate of drug-likeness (QED) is 0.780. The van der Waals surface area contributed by atoms with Gasteiger partial charge in [0.25, 0.3) is 5.91 Å². The van der Waals surface area contributed by atoms with Crippen LogP contribution in [0.4, 0.5) is 4.39 Å². The summed E-state index contributed by atoms with van der Waals surface area (Å²) in [6.45, 7) is 1.67. The number of aryl methyl sites for hydroxylation is 1. The number of carbonyl (C=O) groups excluding carboxylic acids is 1. The van der Waals surface area contributed by atoms with Crippen molar-refractivity contribution in [3.05, 3.63) is 29.1 Å². The fourth-order valence-corrected chi connectivity index (χ4v) is 1.21. The number of methoxy groups -OCH3 is 1. The number of nitrogens with one attached hydrogen (secondary N) is 1. The maximum atomic E-state index is 13.6. The maximum absolute atomic E-state index is 13.6. The standard InChI is InChI=1S/C10H12FNO2/c1-6-4-5-7(14-3)9(11)8(6)10(13)12-2/h4-5H,1-3H3,(H,12,13). The molecule has 0 heterocycles. The summed E-state index contributed by atoms with van der Waals surface area (Å²) >= 11 is 0. The van der Waals surface area contributed by atoms with E-state index in [-0.39, 0.29) is 11.3 Å². The molecule has 1 amide bonds. The Balaban J connectivity index is 3.32. The molecule has 0 atom stereocenters. The first-order valence-corrected chi connectivity index (χ1v) is 4.17. The normalized spacial score (nSPS) is 9.71. The van der Waals surface area contributed by atoms with Gasteiger partial charge in [0.05, 0.1) is 12.7 Å². The third-order valence-electron chi connectivity index (χ3n) is 1.99. The Morgan fingerprint density at radius 1 is 1.50 bits per heavy atom. The van der Waals surface area contributed by atoms with Crippen molar-refractivity contribution < 1.29 is 13.9 Å². The highest BCUT2D eigenvalue weighted by molar-refractivity contribution is 5.96. The third-order valence-corrected chi connectivity index (χ3v) is 1.99. The number of benzene rings is 1. The lowest BCUT2D eigenvalue weighted by Crippen LogP contribution is -2.20. The Labute approximate surface area is 81.9 Å². The minimum absolute atomic E-state index is 0.0341. The van der Waals surface area contributed by atoms with E-state index in [1.165, 1.54) is 20.2 Å². The van der Waals surface area contributed by atoms with Crippen LogP contribution in [0.15, 0.2) is 12.1 Å². The zero-order valence-corrected chi connectivity index (χ0v) is 8.35. The summed E-state index contributed by atoms with van der Waals surface area (Å²) in [5.41, 5.74) is 0.620. The van der Waals surface area contributed by atoms with Gasteiger partial charge in [0.1, 0.15) is 0 Å². The van der Waals surface area contributed by atoms with Gasteiger partial charge in [-0.2, -0.15) is 0 Å². The lowest BCUT2D eigenvalue weighted by Gasteiger charge is -2.08. The first-order valence-electron chi connectivity index (χ1n) is 4.17. The van der Waals surface area contributed by atoms with Gasteiger partial charge < -0.3 is 10.1 Å². The molecule has 0 saturated carbocycles. The van der Waals surface area contributed by atoms with E-state index < -0.39 is 11.7 Å². The van der Waals surface area contributed by atoms with Gasteiger partial charge in [0.15, 0.2) is 11.6 Å². The first-order chi connectivity index (χ1) is 6.61. The minimum Gasteiger partial charge on any atom is -0.494 e. The van der Waals surface area contributed by atoms with Crippen molar-refractivity contribution in [1.29, 1.82) is 0 Å².